The molecule has 2 heterocycles. The maximum Gasteiger partial charge on any atom is 0.321 e. The van der Waals surface area contributed by atoms with Crippen LogP contribution in [0.3, 0.4) is 0 Å². The van der Waals surface area contributed by atoms with Gasteiger partial charge in [0.05, 0.1) is 18.0 Å². The molecule has 0 unspecified atom stereocenters. The molecular formula is C21H30N6O3S. The summed E-state index contributed by atoms with van der Waals surface area (Å²) in [6.07, 6.45) is 3.41. The Labute approximate surface area is 186 Å². The zero-order chi connectivity index (χ0) is 22.4. The number of aromatic nitrogens is 3. The van der Waals surface area contributed by atoms with Crippen LogP contribution in [0.15, 0.2) is 29.4 Å². The van der Waals surface area contributed by atoms with Crippen LogP contribution in [-0.4, -0.2) is 58.2 Å². The van der Waals surface area contributed by atoms with Crippen molar-refractivity contribution in [2.45, 2.75) is 56.5 Å². The number of piperidine rings is 1. The van der Waals surface area contributed by atoms with Gasteiger partial charge in [-0.2, -0.15) is 0 Å². The molecule has 2 N–H and O–H groups in total. The van der Waals surface area contributed by atoms with Crippen LogP contribution in [0.25, 0.3) is 5.69 Å². The van der Waals surface area contributed by atoms with Crippen molar-refractivity contribution in [1.82, 2.24) is 25.4 Å². The van der Waals surface area contributed by atoms with E-state index in [2.05, 4.69) is 25.7 Å². The van der Waals surface area contributed by atoms with Gasteiger partial charge in [0.15, 0.2) is 5.16 Å². The summed E-state index contributed by atoms with van der Waals surface area (Å²) < 4.78 is 7.51. The second kappa shape index (κ2) is 10.5. The number of benzene rings is 1. The van der Waals surface area contributed by atoms with Crippen LogP contribution in [0.5, 0.6) is 5.75 Å². The lowest BCUT2D eigenvalue weighted by Crippen LogP contribution is -2.45. The number of urea groups is 1. The predicted molar refractivity (Wildman–Crippen MR) is 121 cm³/mol. The molecule has 1 aromatic carbocycles. The summed E-state index contributed by atoms with van der Waals surface area (Å²) in [5, 5.41) is 13.9. The molecule has 10 heteroatoms. The maximum absolute atomic E-state index is 12.5. The standard InChI is InChI=1S/C21H30N6O3S/c1-14(2)22-19(29)23-18(28)15(3)31-21-25-24-20(26-12-8-5-9-13-26)27(21)16-10-6-7-11-17(16)30-4/h6-7,10-11,14-15H,5,8-9,12-13H2,1-4H3,(H2,22,23,28,29)/t15-/m1/s1. The molecule has 168 valence electrons. The lowest BCUT2D eigenvalue weighted by molar-refractivity contribution is -0.119. The summed E-state index contributed by atoms with van der Waals surface area (Å²) in [6, 6.07) is 7.10. The smallest absolute Gasteiger partial charge is 0.321 e. The van der Waals surface area contributed by atoms with Gasteiger partial charge in [-0.1, -0.05) is 23.9 Å². The summed E-state index contributed by atoms with van der Waals surface area (Å²) in [4.78, 5) is 26.6. The fourth-order valence-electron chi connectivity index (χ4n) is 3.39. The van der Waals surface area contributed by atoms with Gasteiger partial charge in [-0.15, -0.1) is 10.2 Å². The number of nitrogens with one attached hydrogen (secondary N) is 2. The van der Waals surface area contributed by atoms with Gasteiger partial charge in [-0.3, -0.25) is 14.7 Å². The second-order valence-corrected chi connectivity index (χ2v) is 9.02. The topological polar surface area (TPSA) is 101 Å². The number of para-hydroxylation sites is 2. The normalized spacial score (nSPS) is 14.9. The van der Waals surface area contributed by atoms with E-state index >= 15 is 0 Å². The van der Waals surface area contributed by atoms with Crippen molar-refractivity contribution < 1.29 is 14.3 Å². The lowest BCUT2D eigenvalue weighted by Gasteiger charge is -2.28. The minimum Gasteiger partial charge on any atom is -0.495 e. The van der Waals surface area contributed by atoms with Gasteiger partial charge in [0.1, 0.15) is 5.75 Å². The second-order valence-electron chi connectivity index (χ2n) is 7.72. The summed E-state index contributed by atoms with van der Waals surface area (Å²) in [7, 11) is 1.62. The van der Waals surface area contributed by atoms with Gasteiger partial charge < -0.3 is 15.0 Å². The number of nitrogens with zero attached hydrogens (tertiary/aromatic N) is 4. The predicted octanol–water partition coefficient (Wildman–Crippen LogP) is 2.98. The van der Waals surface area contributed by atoms with Gasteiger partial charge in [0.25, 0.3) is 0 Å². The largest absolute Gasteiger partial charge is 0.495 e. The van der Waals surface area contributed by atoms with E-state index in [1.54, 1.807) is 14.0 Å². The quantitative estimate of drug-likeness (QED) is 0.631. The van der Waals surface area contributed by atoms with Crippen LogP contribution in [0.1, 0.15) is 40.0 Å². The van der Waals surface area contributed by atoms with Crippen molar-refractivity contribution in [3.05, 3.63) is 24.3 Å². The number of hydrogen-bond donors (Lipinski definition) is 2. The highest BCUT2D eigenvalue weighted by atomic mass is 32.2. The number of carbonyl (C=O) groups is 2. The minimum absolute atomic E-state index is 0.0588. The molecule has 2 aromatic rings. The first-order valence-corrected chi connectivity index (χ1v) is 11.4. The Hall–Kier alpha value is -2.75. The molecule has 1 aliphatic rings. The number of methoxy groups -OCH3 is 1. The average molecular weight is 447 g/mol. The number of anilines is 1. The number of thioether (sulfide) groups is 1. The molecule has 0 spiro atoms. The molecule has 0 bridgehead atoms. The van der Waals surface area contributed by atoms with Crippen molar-refractivity contribution in [3.63, 3.8) is 0 Å². The fourth-order valence-corrected chi connectivity index (χ4v) is 4.24. The Morgan fingerprint density at radius 1 is 1.10 bits per heavy atom. The first kappa shape index (κ1) is 22.9. The van der Waals surface area contributed by atoms with Crippen LogP contribution in [0, 0.1) is 0 Å². The maximum atomic E-state index is 12.5. The Balaban J connectivity index is 1.88. The van der Waals surface area contributed by atoms with Crippen LogP contribution in [0.4, 0.5) is 10.7 Å². The molecule has 1 atom stereocenters. The highest BCUT2D eigenvalue weighted by molar-refractivity contribution is 8.00. The van der Waals surface area contributed by atoms with Crippen LogP contribution < -0.4 is 20.3 Å². The van der Waals surface area contributed by atoms with Crippen molar-refractivity contribution in [2.24, 2.45) is 0 Å². The van der Waals surface area contributed by atoms with Gasteiger partial charge in [-0.05, 0) is 52.2 Å². The van der Waals surface area contributed by atoms with Crippen molar-refractivity contribution in [2.75, 3.05) is 25.1 Å². The van der Waals surface area contributed by atoms with Crippen molar-refractivity contribution in [1.29, 1.82) is 0 Å². The number of imide groups is 1. The van der Waals surface area contributed by atoms with Crippen molar-refractivity contribution in [3.8, 4) is 11.4 Å². The molecule has 1 saturated heterocycles. The molecule has 3 amide bonds. The van der Waals surface area contributed by atoms with E-state index in [0.29, 0.717) is 10.9 Å². The zero-order valence-corrected chi connectivity index (χ0v) is 19.2. The zero-order valence-electron chi connectivity index (χ0n) is 18.4. The van der Waals surface area contributed by atoms with Gasteiger partial charge >= 0.3 is 6.03 Å². The van der Waals surface area contributed by atoms with Crippen LogP contribution in [0.2, 0.25) is 0 Å². The molecule has 31 heavy (non-hydrogen) atoms. The Morgan fingerprint density at radius 2 is 1.81 bits per heavy atom. The molecule has 0 radical (unpaired) electrons. The number of amides is 3. The molecule has 1 aromatic heterocycles. The third-order valence-electron chi connectivity index (χ3n) is 4.89. The number of hydrogen-bond acceptors (Lipinski definition) is 7. The van der Waals surface area contributed by atoms with Gasteiger partial charge in [0, 0.05) is 19.1 Å². The van der Waals surface area contributed by atoms with E-state index in [-0.39, 0.29) is 6.04 Å². The molecule has 1 fully saturated rings. The number of ether oxygens (including phenoxy) is 1. The summed E-state index contributed by atoms with van der Waals surface area (Å²) >= 11 is 1.25. The summed E-state index contributed by atoms with van der Waals surface area (Å²) in [6.45, 7) is 7.22. The third kappa shape index (κ3) is 5.69. The highest BCUT2D eigenvalue weighted by Gasteiger charge is 2.26. The lowest BCUT2D eigenvalue weighted by atomic mass is 10.1. The minimum atomic E-state index is -0.551. The van der Waals surface area contributed by atoms with Crippen LogP contribution >= 0.6 is 11.8 Å². The molecule has 1 aliphatic heterocycles. The highest BCUT2D eigenvalue weighted by Crippen LogP contribution is 2.34. The SMILES string of the molecule is COc1ccccc1-n1c(S[C@H](C)C(=O)NC(=O)NC(C)C)nnc1N1CCCCC1. The van der Waals surface area contributed by atoms with E-state index in [1.165, 1.54) is 18.2 Å². The van der Waals surface area contributed by atoms with Crippen molar-refractivity contribution >= 4 is 29.6 Å². The Bertz CT molecular complexity index is 910. The average Bonchev–Trinajstić information content (AvgIpc) is 3.16. The monoisotopic (exact) mass is 446 g/mol. The molecule has 0 aliphatic carbocycles. The molecular weight excluding hydrogens is 416 g/mol. The Morgan fingerprint density at radius 3 is 2.48 bits per heavy atom. The van der Waals surface area contributed by atoms with Crippen LogP contribution in [-0.2, 0) is 4.79 Å². The van der Waals surface area contributed by atoms with Gasteiger partial charge in [-0.25, -0.2) is 4.79 Å². The molecule has 0 saturated carbocycles. The summed E-state index contributed by atoms with van der Waals surface area (Å²) in [5.74, 6) is 1.03. The first-order valence-electron chi connectivity index (χ1n) is 10.5. The first-order chi connectivity index (χ1) is 14.9. The number of rotatable bonds is 7. The van der Waals surface area contributed by atoms with E-state index in [0.717, 1.165) is 37.6 Å². The Kier molecular flexibility index (Phi) is 7.78. The van der Waals surface area contributed by atoms with Gasteiger partial charge in [0.2, 0.25) is 11.9 Å². The summed E-state index contributed by atoms with van der Waals surface area (Å²) in [5.41, 5.74) is 0.809. The number of carbonyl (C=O) groups excluding carboxylic acids is 2. The van der Waals surface area contributed by atoms with E-state index in [1.807, 2.05) is 42.7 Å². The molecule has 9 nitrogen and oxygen atoms in total. The van der Waals surface area contributed by atoms with E-state index in [9.17, 15) is 9.59 Å². The van der Waals surface area contributed by atoms with E-state index in [4.69, 9.17) is 4.74 Å². The third-order valence-corrected chi connectivity index (χ3v) is 5.93. The molecule has 3 rings (SSSR count). The fraction of sp³-hybridized carbons (Fsp3) is 0.524. The van der Waals surface area contributed by atoms with E-state index < -0.39 is 17.2 Å².